The smallest absolute Gasteiger partial charge is 0.0874 e. The van der Waals surface area contributed by atoms with E-state index in [0.29, 0.717) is 19.6 Å². The molecule has 0 aliphatic heterocycles. The van der Waals surface area contributed by atoms with Gasteiger partial charge in [0.05, 0.1) is 18.3 Å². The molecule has 0 aromatic rings. The molecule has 1 N–H and O–H groups in total. The van der Waals surface area contributed by atoms with E-state index in [4.69, 9.17) is 9.47 Å². The summed E-state index contributed by atoms with van der Waals surface area (Å²) >= 11 is 0. The maximum absolute atomic E-state index is 9.69. The third kappa shape index (κ3) is 6.58. The van der Waals surface area contributed by atoms with Gasteiger partial charge in [-0.15, -0.1) is 0 Å². The monoisotopic (exact) mass is 176 g/mol. The fourth-order valence-corrected chi connectivity index (χ4v) is 0.740. The van der Waals surface area contributed by atoms with Crippen molar-refractivity contribution < 1.29 is 14.6 Å². The van der Waals surface area contributed by atoms with Crippen LogP contribution in [0.25, 0.3) is 0 Å². The van der Waals surface area contributed by atoms with Gasteiger partial charge in [-0.3, -0.25) is 0 Å². The highest BCUT2D eigenvalue weighted by Gasteiger charge is 2.20. The van der Waals surface area contributed by atoms with E-state index in [1.54, 1.807) is 14.0 Å². The first kappa shape index (κ1) is 11.9. The zero-order chi connectivity index (χ0) is 9.61. The maximum atomic E-state index is 9.69. The highest BCUT2D eigenvalue weighted by molar-refractivity contribution is 4.71. The van der Waals surface area contributed by atoms with Crippen LogP contribution in [0.1, 0.15) is 27.2 Å². The summed E-state index contributed by atoms with van der Waals surface area (Å²) < 4.78 is 10.2. The minimum absolute atomic E-state index is 0.166. The van der Waals surface area contributed by atoms with Crippen molar-refractivity contribution in [2.24, 2.45) is 0 Å². The van der Waals surface area contributed by atoms with E-state index < -0.39 is 5.60 Å². The summed E-state index contributed by atoms with van der Waals surface area (Å²) in [5.74, 6) is 0. The predicted octanol–water partition coefficient (Wildman–Crippen LogP) is 1.20. The molecule has 0 aromatic carbocycles. The van der Waals surface area contributed by atoms with Gasteiger partial charge in [0.2, 0.25) is 0 Å². The van der Waals surface area contributed by atoms with Gasteiger partial charge >= 0.3 is 0 Å². The fourth-order valence-electron chi connectivity index (χ4n) is 0.740. The predicted molar refractivity (Wildman–Crippen MR) is 48.2 cm³/mol. The molecule has 12 heavy (non-hydrogen) atoms. The van der Waals surface area contributed by atoms with Crippen LogP contribution in [0.4, 0.5) is 0 Å². The van der Waals surface area contributed by atoms with Crippen LogP contribution in [-0.4, -0.2) is 37.1 Å². The molecule has 3 nitrogen and oxygen atoms in total. The van der Waals surface area contributed by atoms with Gasteiger partial charge < -0.3 is 14.6 Å². The number of methoxy groups -OCH3 is 1. The number of rotatable bonds is 6. The van der Waals surface area contributed by atoms with Crippen molar-refractivity contribution in [3.63, 3.8) is 0 Å². The lowest BCUT2D eigenvalue weighted by Crippen LogP contribution is -2.33. The second kappa shape index (κ2) is 5.51. The van der Waals surface area contributed by atoms with E-state index in [1.165, 1.54) is 0 Å². The zero-order valence-electron chi connectivity index (χ0n) is 8.46. The van der Waals surface area contributed by atoms with E-state index in [0.717, 1.165) is 0 Å². The van der Waals surface area contributed by atoms with Gasteiger partial charge in [-0.25, -0.2) is 0 Å². The van der Waals surface area contributed by atoms with Crippen LogP contribution in [0.5, 0.6) is 0 Å². The van der Waals surface area contributed by atoms with E-state index in [2.05, 4.69) is 0 Å². The largest absolute Gasteiger partial charge is 0.388 e. The molecule has 0 heterocycles. The third-order valence-electron chi connectivity index (χ3n) is 1.57. The Morgan fingerprint density at radius 3 is 2.42 bits per heavy atom. The van der Waals surface area contributed by atoms with Crippen molar-refractivity contribution in [2.75, 3.05) is 20.3 Å². The second-order valence-corrected chi connectivity index (χ2v) is 3.60. The summed E-state index contributed by atoms with van der Waals surface area (Å²) in [6.45, 7) is 6.59. The molecule has 0 aliphatic carbocycles. The summed E-state index contributed by atoms with van der Waals surface area (Å²) in [7, 11) is 1.62. The topological polar surface area (TPSA) is 38.7 Å². The lowest BCUT2D eigenvalue weighted by molar-refractivity contribution is -0.0664. The second-order valence-electron chi connectivity index (χ2n) is 3.60. The number of hydrogen-bond acceptors (Lipinski definition) is 3. The summed E-state index contributed by atoms with van der Waals surface area (Å²) in [6.07, 6.45) is 0.773. The van der Waals surface area contributed by atoms with Gasteiger partial charge in [-0.1, -0.05) is 0 Å². The van der Waals surface area contributed by atoms with Crippen LogP contribution in [0, 0.1) is 0 Å². The Bertz CT molecular complexity index is 110. The van der Waals surface area contributed by atoms with Crippen molar-refractivity contribution in [3.8, 4) is 0 Å². The van der Waals surface area contributed by atoms with Crippen molar-refractivity contribution in [1.29, 1.82) is 0 Å². The molecule has 0 aromatic heterocycles. The van der Waals surface area contributed by atoms with Crippen LogP contribution >= 0.6 is 0 Å². The van der Waals surface area contributed by atoms with Crippen LogP contribution in [-0.2, 0) is 9.47 Å². The lowest BCUT2D eigenvalue weighted by atomic mass is 10.1. The maximum Gasteiger partial charge on any atom is 0.0874 e. The molecular weight excluding hydrogens is 156 g/mol. The first-order chi connectivity index (χ1) is 5.48. The van der Waals surface area contributed by atoms with Crippen LogP contribution in [0.15, 0.2) is 0 Å². The molecule has 0 amide bonds. The Morgan fingerprint density at radius 2 is 2.00 bits per heavy atom. The minimum atomic E-state index is -0.764. The Balaban J connectivity index is 3.56. The van der Waals surface area contributed by atoms with Gasteiger partial charge in [0.1, 0.15) is 0 Å². The Labute approximate surface area is 74.7 Å². The van der Waals surface area contributed by atoms with Crippen molar-refractivity contribution in [2.45, 2.75) is 38.9 Å². The van der Waals surface area contributed by atoms with Gasteiger partial charge in [-0.05, 0) is 20.8 Å². The number of aliphatic hydroxyl groups is 1. The van der Waals surface area contributed by atoms with E-state index >= 15 is 0 Å². The van der Waals surface area contributed by atoms with Gasteiger partial charge in [-0.2, -0.15) is 0 Å². The Hall–Kier alpha value is -0.120. The molecule has 0 saturated heterocycles. The first-order valence-electron chi connectivity index (χ1n) is 4.31. The minimum Gasteiger partial charge on any atom is -0.388 e. The van der Waals surface area contributed by atoms with E-state index in [-0.39, 0.29) is 6.10 Å². The standard InChI is InChI=1S/C9H20O3/c1-8(2)12-7-9(3,10)5-6-11-4/h8,10H,5-7H2,1-4H3. The Morgan fingerprint density at radius 1 is 1.42 bits per heavy atom. The SMILES string of the molecule is COCCC(C)(O)COC(C)C. The van der Waals surface area contributed by atoms with Crippen LogP contribution in [0.3, 0.4) is 0 Å². The highest BCUT2D eigenvalue weighted by atomic mass is 16.5. The van der Waals surface area contributed by atoms with Crippen molar-refractivity contribution in [1.82, 2.24) is 0 Å². The van der Waals surface area contributed by atoms with Crippen LogP contribution < -0.4 is 0 Å². The van der Waals surface area contributed by atoms with Crippen molar-refractivity contribution in [3.05, 3.63) is 0 Å². The van der Waals surface area contributed by atoms with E-state index in [1.807, 2.05) is 13.8 Å². The van der Waals surface area contributed by atoms with Crippen molar-refractivity contribution >= 4 is 0 Å². The normalized spacial score (nSPS) is 16.5. The van der Waals surface area contributed by atoms with Gasteiger partial charge in [0, 0.05) is 20.1 Å². The summed E-state index contributed by atoms with van der Waals surface area (Å²) in [6, 6.07) is 0. The average Bonchev–Trinajstić information content (AvgIpc) is 1.98. The molecule has 74 valence electrons. The summed E-state index contributed by atoms with van der Waals surface area (Å²) in [5, 5.41) is 9.69. The molecule has 1 unspecified atom stereocenters. The molecule has 0 aliphatic rings. The quantitative estimate of drug-likeness (QED) is 0.661. The summed E-state index contributed by atoms with van der Waals surface area (Å²) in [5.41, 5.74) is -0.764. The zero-order valence-corrected chi connectivity index (χ0v) is 8.46. The molecule has 1 atom stereocenters. The molecule has 0 rings (SSSR count). The molecule has 0 fully saturated rings. The summed E-state index contributed by atoms with van der Waals surface area (Å²) in [4.78, 5) is 0. The van der Waals surface area contributed by atoms with Gasteiger partial charge in [0.15, 0.2) is 0 Å². The molecule has 0 spiro atoms. The third-order valence-corrected chi connectivity index (χ3v) is 1.57. The number of ether oxygens (including phenoxy) is 2. The Kier molecular flexibility index (Phi) is 5.46. The van der Waals surface area contributed by atoms with Crippen LogP contribution in [0.2, 0.25) is 0 Å². The number of hydrogen-bond donors (Lipinski definition) is 1. The fraction of sp³-hybridized carbons (Fsp3) is 1.00. The highest BCUT2D eigenvalue weighted by Crippen LogP contribution is 2.10. The first-order valence-corrected chi connectivity index (χ1v) is 4.31. The van der Waals surface area contributed by atoms with Gasteiger partial charge in [0.25, 0.3) is 0 Å². The molecule has 0 radical (unpaired) electrons. The molecule has 3 heteroatoms. The lowest BCUT2D eigenvalue weighted by Gasteiger charge is -2.23. The van der Waals surface area contributed by atoms with E-state index in [9.17, 15) is 5.11 Å². The molecule has 0 saturated carbocycles. The molecule has 0 bridgehead atoms. The average molecular weight is 176 g/mol. The molecular formula is C9H20O3.